The third-order valence-electron chi connectivity index (χ3n) is 3.22. The van der Waals surface area contributed by atoms with E-state index in [1.54, 1.807) is 12.2 Å². The zero-order valence-corrected chi connectivity index (χ0v) is 12.5. The lowest BCUT2D eigenvalue weighted by Crippen LogP contribution is -2.45. The molecule has 0 unspecified atom stereocenters. The summed E-state index contributed by atoms with van der Waals surface area (Å²) in [5.74, 6) is 1.83. The summed E-state index contributed by atoms with van der Waals surface area (Å²) in [7, 11) is 2.12. The molecule has 114 valence electrons. The first-order chi connectivity index (χ1) is 10.2. The van der Waals surface area contributed by atoms with Crippen LogP contribution in [0.3, 0.4) is 0 Å². The Bertz CT molecular complexity index is 450. The second kappa shape index (κ2) is 7.58. The van der Waals surface area contributed by atoms with E-state index in [1.165, 1.54) is 0 Å². The summed E-state index contributed by atoms with van der Waals surface area (Å²) in [6.07, 6.45) is 3.55. The minimum atomic E-state index is 0.561. The van der Waals surface area contributed by atoms with Crippen LogP contribution in [-0.4, -0.2) is 66.2 Å². The summed E-state index contributed by atoms with van der Waals surface area (Å²) in [5, 5.41) is 6.23. The van der Waals surface area contributed by atoms with Crippen LogP contribution in [0.25, 0.3) is 0 Å². The van der Waals surface area contributed by atoms with Crippen molar-refractivity contribution >= 4 is 17.8 Å². The molecule has 0 atom stereocenters. The van der Waals surface area contributed by atoms with Gasteiger partial charge in [-0.25, -0.2) is 0 Å². The average Bonchev–Trinajstić information content (AvgIpc) is 2.51. The SMILES string of the molecule is C=CCNc1nc(NCC=C)nc(N2CCN(C)CC2)n1. The zero-order chi connectivity index (χ0) is 15.1. The molecule has 0 spiro atoms. The minimum Gasteiger partial charge on any atom is -0.351 e. The Morgan fingerprint density at radius 2 is 1.48 bits per heavy atom. The fourth-order valence-corrected chi connectivity index (χ4v) is 2.00. The lowest BCUT2D eigenvalue weighted by atomic mass is 10.3. The number of piperazine rings is 1. The van der Waals surface area contributed by atoms with Gasteiger partial charge in [0.05, 0.1) is 0 Å². The molecule has 7 nitrogen and oxygen atoms in total. The van der Waals surface area contributed by atoms with E-state index in [-0.39, 0.29) is 0 Å². The molecule has 1 aromatic rings. The van der Waals surface area contributed by atoms with E-state index in [4.69, 9.17) is 0 Å². The lowest BCUT2D eigenvalue weighted by Gasteiger charge is -2.32. The maximum Gasteiger partial charge on any atom is 0.232 e. The van der Waals surface area contributed by atoms with Crippen LogP contribution in [-0.2, 0) is 0 Å². The number of anilines is 3. The van der Waals surface area contributed by atoms with Gasteiger partial charge >= 0.3 is 0 Å². The molecule has 1 aliphatic rings. The highest BCUT2D eigenvalue weighted by Gasteiger charge is 2.18. The largest absolute Gasteiger partial charge is 0.351 e. The lowest BCUT2D eigenvalue weighted by molar-refractivity contribution is 0.311. The molecule has 1 saturated heterocycles. The molecule has 0 saturated carbocycles. The third kappa shape index (κ3) is 4.42. The van der Waals surface area contributed by atoms with Crippen molar-refractivity contribution in [1.29, 1.82) is 0 Å². The Labute approximate surface area is 125 Å². The smallest absolute Gasteiger partial charge is 0.232 e. The molecule has 21 heavy (non-hydrogen) atoms. The van der Waals surface area contributed by atoms with E-state index in [0.717, 1.165) is 26.2 Å². The van der Waals surface area contributed by atoms with Gasteiger partial charge in [0, 0.05) is 39.3 Å². The van der Waals surface area contributed by atoms with Crippen LogP contribution in [0.2, 0.25) is 0 Å². The maximum atomic E-state index is 4.49. The normalized spacial score (nSPS) is 15.6. The summed E-state index contributed by atoms with van der Waals surface area (Å²) in [6, 6.07) is 0. The Kier molecular flexibility index (Phi) is 5.51. The van der Waals surface area contributed by atoms with Crippen LogP contribution in [0.5, 0.6) is 0 Å². The highest BCUT2D eigenvalue weighted by atomic mass is 15.4. The van der Waals surface area contributed by atoms with Gasteiger partial charge < -0.3 is 20.4 Å². The molecule has 1 aliphatic heterocycles. The van der Waals surface area contributed by atoms with Crippen LogP contribution >= 0.6 is 0 Å². The summed E-state index contributed by atoms with van der Waals surface area (Å²) >= 11 is 0. The second-order valence-electron chi connectivity index (χ2n) is 4.91. The number of nitrogens with zero attached hydrogens (tertiary/aromatic N) is 5. The molecule has 0 radical (unpaired) electrons. The van der Waals surface area contributed by atoms with Crippen molar-refractivity contribution in [2.24, 2.45) is 0 Å². The molecule has 1 fully saturated rings. The predicted molar refractivity (Wildman–Crippen MR) is 86.9 cm³/mol. The molecular weight excluding hydrogens is 266 g/mol. The number of aromatic nitrogens is 3. The molecule has 2 rings (SSSR count). The van der Waals surface area contributed by atoms with Gasteiger partial charge in [-0.2, -0.15) is 15.0 Å². The first kappa shape index (κ1) is 15.2. The standard InChI is InChI=1S/C14H23N7/c1-4-6-15-12-17-13(16-7-5-2)19-14(18-12)21-10-8-20(3)9-11-21/h4-5H,1-2,6-11H2,3H3,(H2,15,16,17,18,19). The van der Waals surface area contributed by atoms with E-state index in [0.29, 0.717) is 30.9 Å². The van der Waals surface area contributed by atoms with E-state index in [1.807, 2.05) is 0 Å². The maximum absolute atomic E-state index is 4.49. The second-order valence-corrected chi connectivity index (χ2v) is 4.91. The number of likely N-dealkylation sites (N-methyl/N-ethyl adjacent to an activating group) is 1. The van der Waals surface area contributed by atoms with Gasteiger partial charge in [0.15, 0.2) is 0 Å². The van der Waals surface area contributed by atoms with Crippen molar-refractivity contribution in [2.45, 2.75) is 0 Å². The van der Waals surface area contributed by atoms with Crippen molar-refractivity contribution in [2.75, 3.05) is 61.8 Å². The topological polar surface area (TPSA) is 69.2 Å². The third-order valence-corrected chi connectivity index (χ3v) is 3.22. The Hall–Kier alpha value is -2.15. The molecule has 0 amide bonds. The fourth-order valence-electron chi connectivity index (χ4n) is 2.00. The monoisotopic (exact) mass is 289 g/mol. The first-order valence-corrected chi connectivity index (χ1v) is 7.12. The van der Waals surface area contributed by atoms with Crippen LogP contribution in [0, 0.1) is 0 Å². The Morgan fingerprint density at radius 1 is 0.952 bits per heavy atom. The molecular formula is C14H23N7. The molecule has 0 bridgehead atoms. The summed E-state index contributed by atoms with van der Waals surface area (Å²) in [6.45, 7) is 12.5. The van der Waals surface area contributed by atoms with Gasteiger partial charge in [0.1, 0.15) is 0 Å². The Balaban J connectivity index is 2.16. The molecule has 1 aromatic heterocycles. The average molecular weight is 289 g/mol. The van der Waals surface area contributed by atoms with E-state index < -0.39 is 0 Å². The van der Waals surface area contributed by atoms with Crippen LogP contribution in [0.1, 0.15) is 0 Å². The summed E-state index contributed by atoms with van der Waals surface area (Å²) in [4.78, 5) is 17.8. The molecule has 0 aromatic carbocycles. The van der Waals surface area contributed by atoms with Gasteiger partial charge in [-0.3, -0.25) is 0 Å². The van der Waals surface area contributed by atoms with Crippen LogP contribution in [0.4, 0.5) is 17.8 Å². The Morgan fingerprint density at radius 3 is 1.95 bits per heavy atom. The van der Waals surface area contributed by atoms with Gasteiger partial charge in [-0.1, -0.05) is 12.2 Å². The highest BCUT2D eigenvalue weighted by molar-refractivity contribution is 5.44. The number of hydrogen-bond acceptors (Lipinski definition) is 7. The quantitative estimate of drug-likeness (QED) is 0.720. The fraction of sp³-hybridized carbons (Fsp3) is 0.500. The van der Waals surface area contributed by atoms with Gasteiger partial charge in [0.2, 0.25) is 17.8 Å². The van der Waals surface area contributed by atoms with Gasteiger partial charge in [-0.05, 0) is 7.05 Å². The van der Waals surface area contributed by atoms with Crippen LogP contribution in [0.15, 0.2) is 25.3 Å². The molecule has 2 N–H and O–H groups in total. The zero-order valence-electron chi connectivity index (χ0n) is 12.5. The van der Waals surface area contributed by atoms with Crippen LogP contribution < -0.4 is 15.5 Å². The number of hydrogen-bond donors (Lipinski definition) is 2. The van der Waals surface area contributed by atoms with E-state index in [9.17, 15) is 0 Å². The highest BCUT2D eigenvalue weighted by Crippen LogP contribution is 2.15. The number of nitrogens with one attached hydrogen (secondary N) is 2. The van der Waals surface area contributed by atoms with Gasteiger partial charge in [0.25, 0.3) is 0 Å². The molecule has 2 heterocycles. The van der Waals surface area contributed by atoms with E-state index >= 15 is 0 Å². The molecule has 0 aliphatic carbocycles. The van der Waals surface area contributed by atoms with Crippen molar-refractivity contribution in [3.8, 4) is 0 Å². The van der Waals surface area contributed by atoms with E-state index in [2.05, 4.69) is 55.6 Å². The number of rotatable bonds is 7. The van der Waals surface area contributed by atoms with Crippen molar-refractivity contribution in [3.63, 3.8) is 0 Å². The summed E-state index contributed by atoms with van der Waals surface area (Å²) < 4.78 is 0. The van der Waals surface area contributed by atoms with Crippen molar-refractivity contribution in [3.05, 3.63) is 25.3 Å². The summed E-state index contributed by atoms with van der Waals surface area (Å²) in [5.41, 5.74) is 0. The molecule has 7 heteroatoms. The minimum absolute atomic E-state index is 0.561. The van der Waals surface area contributed by atoms with Crippen molar-refractivity contribution < 1.29 is 0 Å². The van der Waals surface area contributed by atoms with Gasteiger partial charge in [-0.15, -0.1) is 13.2 Å². The predicted octanol–water partition coefficient (Wildman–Crippen LogP) is 0.819. The first-order valence-electron chi connectivity index (χ1n) is 7.12. The van der Waals surface area contributed by atoms with Crippen molar-refractivity contribution in [1.82, 2.24) is 19.9 Å².